The first kappa shape index (κ1) is 14.8. The number of carbonyl (C=O) groups is 1. The molecule has 1 atom stereocenters. The minimum Gasteiger partial charge on any atom is -0.497 e. The van der Waals surface area contributed by atoms with Crippen LogP contribution in [0.2, 0.25) is 0 Å². The van der Waals surface area contributed by atoms with Crippen LogP contribution in [0.25, 0.3) is 0 Å². The number of carboxylic acids is 1. The smallest absolute Gasteiger partial charge is 0.327 e. The molecule has 0 saturated carbocycles. The summed E-state index contributed by atoms with van der Waals surface area (Å²) in [6.07, 6.45) is 0.0950. The van der Waals surface area contributed by atoms with Gasteiger partial charge in [-0.15, -0.1) is 0 Å². The maximum absolute atomic E-state index is 12.2. The molecule has 0 aliphatic carbocycles. The molecule has 0 aromatic heterocycles. The van der Waals surface area contributed by atoms with Gasteiger partial charge in [-0.25, -0.2) is 8.42 Å². The number of carboxylic acid groups (broad SMARTS) is 1. The van der Waals surface area contributed by atoms with Gasteiger partial charge in [0.15, 0.2) is 5.54 Å². The van der Waals surface area contributed by atoms with Crippen molar-refractivity contribution in [3.8, 4) is 5.75 Å². The van der Waals surface area contributed by atoms with E-state index in [0.717, 1.165) is 0 Å². The number of ether oxygens (including phenoxy) is 2. The third kappa shape index (κ3) is 2.77. The number of aliphatic carboxylic acids is 1. The molecule has 1 aliphatic heterocycles. The van der Waals surface area contributed by atoms with E-state index in [9.17, 15) is 18.3 Å². The van der Waals surface area contributed by atoms with Gasteiger partial charge in [-0.3, -0.25) is 4.79 Å². The Balaban J connectivity index is 2.27. The van der Waals surface area contributed by atoms with E-state index in [0.29, 0.717) is 5.75 Å². The van der Waals surface area contributed by atoms with Crippen LogP contribution >= 0.6 is 0 Å². The first-order chi connectivity index (χ1) is 9.39. The van der Waals surface area contributed by atoms with Crippen molar-refractivity contribution < 1.29 is 27.8 Å². The molecule has 1 unspecified atom stereocenters. The monoisotopic (exact) mass is 301 g/mol. The van der Waals surface area contributed by atoms with Crippen LogP contribution in [0.4, 0.5) is 0 Å². The molecule has 20 heavy (non-hydrogen) atoms. The van der Waals surface area contributed by atoms with Gasteiger partial charge in [0.05, 0.1) is 18.6 Å². The zero-order valence-electron chi connectivity index (χ0n) is 10.8. The predicted molar refractivity (Wildman–Crippen MR) is 69.1 cm³/mol. The molecule has 0 bridgehead atoms. The van der Waals surface area contributed by atoms with Crippen LogP contribution in [0.3, 0.4) is 0 Å². The Morgan fingerprint density at radius 3 is 2.50 bits per heavy atom. The number of hydrogen-bond donors (Lipinski definition) is 2. The van der Waals surface area contributed by atoms with Gasteiger partial charge in [0.25, 0.3) is 0 Å². The van der Waals surface area contributed by atoms with Crippen molar-refractivity contribution in [1.82, 2.24) is 4.72 Å². The lowest BCUT2D eigenvalue weighted by molar-refractivity contribution is -0.144. The number of rotatable bonds is 5. The Bertz CT molecular complexity index is 589. The second kappa shape index (κ2) is 5.39. The molecule has 0 radical (unpaired) electrons. The summed E-state index contributed by atoms with van der Waals surface area (Å²) in [4.78, 5) is 11.3. The van der Waals surface area contributed by atoms with Crippen molar-refractivity contribution >= 4 is 16.0 Å². The molecule has 7 nitrogen and oxygen atoms in total. The molecule has 2 rings (SSSR count). The molecule has 1 heterocycles. The number of hydrogen-bond acceptors (Lipinski definition) is 5. The standard InChI is InChI=1S/C12H15NO6S/c1-18-9-2-4-10(5-3-9)20(16,17)13-12(11(14)15)6-7-19-8-12/h2-5,13H,6-8H2,1H3,(H,14,15). The van der Waals surface area contributed by atoms with Gasteiger partial charge in [-0.1, -0.05) is 0 Å². The van der Waals surface area contributed by atoms with Crippen LogP contribution < -0.4 is 9.46 Å². The summed E-state index contributed by atoms with van der Waals surface area (Å²) < 4.78 is 36.6. The van der Waals surface area contributed by atoms with E-state index in [-0.39, 0.29) is 24.5 Å². The van der Waals surface area contributed by atoms with Gasteiger partial charge in [-0.2, -0.15) is 4.72 Å². The van der Waals surface area contributed by atoms with Crippen LogP contribution in [0.5, 0.6) is 5.75 Å². The lowest BCUT2D eigenvalue weighted by Gasteiger charge is -2.23. The van der Waals surface area contributed by atoms with Crippen LogP contribution in [-0.4, -0.2) is 45.4 Å². The third-order valence-electron chi connectivity index (χ3n) is 3.13. The van der Waals surface area contributed by atoms with Gasteiger partial charge in [0.2, 0.25) is 10.0 Å². The highest BCUT2D eigenvalue weighted by Crippen LogP contribution is 2.23. The molecule has 8 heteroatoms. The molecule has 1 saturated heterocycles. The molecular formula is C12H15NO6S. The Kier molecular flexibility index (Phi) is 3.98. The van der Waals surface area contributed by atoms with E-state index < -0.39 is 21.5 Å². The second-order valence-corrected chi connectivity index (χ2v) is 6.15. The summed E-state index contributed by atoms with van der Waals surface area (Å²) in [6.45, 7) is 0.0230. The van der Waals surface area contributed by atoms with Crippen molar-refractivity contribution in [2.45, 2.75) is 16.9 Å². The predicted octanol–water partition coefficient (Wildman–Crippen LogP) is 0.217. The fourth-order valence-electron chi connectivity index (χ4n) is 1.93. The Hall–Kier alpha value is -1.64. The maximum Gasteiger partial charge on any atom is 0.327 e. The first-order valence-electron chi connectivity index (χ1n) is 5.89. The number of benzene rings is 1. The minimum atomic E-state index is -3.94. The number of methoxy groups -OCH3 is 1. The van der Waals surface area contributed by atoms with Gasteiger partial charge < -0.3 is 14.6 Å². The summed E-state index contributed by atoms with van der Waals surface area (Å²) >= 11 is 0. The molecular weight excluding hydrogens is 286 g/mol. The summed E-state index contributed by atoms with van der Waals surface area (Å²) in [5, 5.41) is 9.23. The number of sulfonamides is 1. The zero-order valence-corrected chi connectivity index (χ0v) is 11.6. The highest BCUT2D eigenvalue weighted by Gasteiger charge is 2.46. The van der Waals surface area contributed by atoms with E-state index in [1.165, 1.54) is 31.4 Å². The van der Waals surface area contributed by atoms with Gasteiger partial charge in [0.1, 0.15) is 5.75 Å². The lowest BCUT2D eigenvalue weighted by atomic mass is 10.0. The first-order valence-corrected chi connectivity index (χ1v) is 7.37. The van der Waals surface area contributed by atoms with Crippen LogP contribution in [0.15, 0.2) is 29.2 Å². The van der Waals surface area contributed by atoms with Crippen molar-refractivity contribution in [3.63, 3.8) is 0 Å². The van der Waals surface area contributed by atoms with Crippen LogP contribution in [0, 0.1) is 0 Å². The number of nitrogens with one attached hydrogen (secondary N) is 1. The molecule has 0 spiro atoms. The van der Waals surface area contributed by atoms with E-state index in [4.69, 9.17) is 9.47 Å². The quantitative estimate of drug-likeness (QED) is 0.806. The molecule has 0 amide bonds. The Labute approximate surface area is 116 Å². The fraction of sp³-hybridized carbons (Fsp3) is 0.417. The molecule has 1 aromatic rings. The lowest BCUT2D eigenvalue weighted by Crippen LogP contribution is -2.54. The molecule has 1 fully saturated rings. The topological polar surface area (TPSA) is 102 Å². The van der Waals surface area contributed by atoms with Crippen molar-refractivity contribution in [2.24, 2.45) is 0 Å². The zero-order chi connectivity index (χ0) is 14.8. The molecule has 1 aliphatic rings. The fourth-order valence-corrected chi connectivity index (χ4v) is 3.30. The SMILES string of the molecule is COc1ccc(S(=O)(=O)NC2(C(=O)O)CCOC2)cc1. The van der Waals surface area contributed by atoms with Crippen molar-refractivity contribution in [2.75, 3.05) is 20.3 Å². The largest absolute Gasteiger partial charge is 0.497 e. The average molecular weight is 301 g/mol. The van der Waals surface area contributed by atoms with Gasteiger partial charge in [0, 0.05) is 13.0 Å². The third-order valence-corrected chi connectivity index (χ3v) is 4.68. The Morgan fingerprint density at radius 2 is 2.05 bits per heavy atom. The van der Waals surface area contributed by atoms with E-state index in [1.807, 2.05) is 0 Å². The second-order valence-electron chi connectivity index (χ2n) is 4.47. The van der Waals surface area contributed by atoms with E-state index in [2.05, 4.69) is 4.72 Å². The van der Waals surface area contributed by atoms with Crippen LogP contribution in [-0.2, 0) is 19.6 Å². The highest BCUT2D eigenvalue weighted by atomic mass is 32.2. The maximum atomic E-state index is 12.2. The summed E-state index contributed by atoms with van der Waals surface area (Å²) in [6, 6.07) is 5.69. The average Bonchev–Trinajstić information content (AvgIpc) is 2.88. The minimum absolute atomic E-state index is 0.0224. The van der Waals surface area contributed by atoms with Gasteiger partial charge in [-0.05, 0) is 24.3 Å². The highest BCUT2D eigenvalue weighted by molar-refractivity contribution is 7.89. The normalized spacial score (nSPS) is 22.6. The molecule has 110 valence electrons. The summed E-state index contributed by atoms with van der Waals surface area (Å²) in [7, 11) is -2.47. The van der Waals surface area contributed by atoms with E-state index in [1.54, 1.807) is 0 Å². The van der Waals surface area contributed by atoms with Gasteiger partial charge >= 0.3 is 5.97 Å². The summed E-state index contributed by atoms with van der Waals surface area (Å²) in [5.41, 5.74) is -1.60. The Morgan fingerprint density at radius 1 is 1.40 bits per heavy atom. The summed E-state index contributed by atoms with van der Waals surface area (Å²) in [5.74, 6) is -0.729. The molecule has 1 aromatic carbocycles. The van der Waals surface area contributed by atoms with Crippen molar-refractivity contribution in [1.29, 1.82) is 0 Å². The molecule has 2 N–H and O–H groups in total. The van der Waals surface area contributed by atoms with E-state index >= 15 is 0 Å². The van der Waals surface area contributed by atoms with Crippen molar-refractivity contribution in [3.05, 3.63) is 24.3 Å². The van der Waals surface area contributed by atoms with Crippen LogP contribution in [0.1, 0.15) is 6.42 Å².